The molecule has 0 amide bonds. The van der Waals surface area contributed by atoms with Gasteiger partial charge in [-0.25, -0.2) is 4.79 Å². The average Bonchev–Trinajstić information content (AvgIpc) is 2.29. The Morgan fingerprint density at radius 3 is 2.81 bits per heavy atom. The molecule has 1 N–H and O–H groups in total. The topological polar surface area (TPSA) is 70.3 Å². The largest absolute Gasteiger partial charge is 0.489 e. The van der Waals surface area contributed by atoms with Gasteiger partial charge < -0.3 is 9.84 Å². The lowest BCUT2D eigenvalue weighted by Crippen LogP contribution is -2.11. The van der Waals surface area contributed by atoms with Gasteiger partial charge in [0.25, 0.3) is 0 Å². The predicted molar refractivity (Wildman–Crippen MR) is 58.5 cm³/mol. The highest BCUT2D eigenvalue weighted by Gasteiger charge is 2.10. The van der Waals surface area contributed by atoms with Crippen LogP contribution in [0.4, 0.5) is 0 Å². The van der Waals surface area contributed by atoms with Crippen LogP contribution in [0.25, 0.3) is 0 Å². The van der Waals surface area contributed by atoms with Crippen molar-refractivity contribution in [1.29, 1.82) is 5.26 Å². The fourth-order valence-electron chi connectivity index (χ4n) is 1.15. The molecule has 1 aromatic carbocycles. The molecule has 1 aromatic rings. The number of ether oxygens (including phenoxy) is 1. The van der Waals surface area contributed by atoms with Gasteiger partial charge in [0.05, 0.1) is 17.2 Å². The van der Waals surface area contributed by atoms with E-state index in [0.717, 1.165) is 6.42 Å². The van der Waals surface area contributed by atoms with E-state index in [1.165, 1.54) is 18.2 Å². The summed E-state index contributed by atoms with van der Waals surface area (Å²) in [5.74, 6) is -0.617. The van der Waals surface area contributed by atoms with Crippen LogP contribution in [0.15, 0.2) is 18.2 Å². The van der Waals surface area contributed by atoms with Crippen molar-refractivity contribution in [3.8, 4) is 11.8 Å². The van der Waals surface area contributed by atoms with Crippen molar-refractivity contribution in [2.75, 3.05) is 0 Å². The van der Waals surface area contributed by atoms with Gasteiger partial charge in [-0.3, -0.25) is 0 Å². The highest BCUT2D eigenvalue weighted by molar-refractivity contribution is 5.88. The number of nitriles is 1. The second-order valence-corrected chi connectivity index (χ2v) is 3.46. The van der Waals surface area contributed by atoms with Crippen LogP contribution >= 0.6 is 0 Å². The SMILES string of the molecule is CC[C@@H](C)Oc1ccc(C(=O)O)cc1C#N. The van der Waals surface area contributed by atoms with Crippen LogP contribution < -0.4 is 4.74 Å². The molecule has 0 fully saturated rings. The molecule has 0 aliphatic rings. The Morgan fingerprint density at radius 1 is 1.62 bits per heavy atom. The number of rotatable bonds is 4. The molecule has 1 rings (SSSR count). The Morgan fingerprint density at radius 2 is 2.31 bits per heavy atom. The van der Waals surface area contributed by atoms with Crippen molar-refractivity contribution in [1.82, 2.24) is 0 Å². The van der Waals surface area contributed by atoms with E-state index in [1.54, 1.807) is 0 Å². The van der Waals surface area contributed by atoms with Crippen molar-refractivity contribution in [2.45, 2.75) is 26.4 Å². The Balaban J connectivity index is 3.03. The first kappa shape index (κ1) is 12.1. The second kappa shape index (κ2) is 5.17. The lowest BCUT2D eigenvalue weighted by Gasteiger charge is -2.13. The second-order valence-electron chi connectivity index (χ2n) is 3.46. The van der Waals surface area contributed by atoms with Gasteiger partial charge in [-0.05, 0) is 31.5 Å². The van der Waals surface area contributed by atoms with E-state index in [-0.39, 0.29) is 17.2 Å². The summed E-state index contributed by atoms with van der Waals surface area (Å²) < 4.78 is 5.50. The smallest absolute Gasteiger partial charge is 0.335 e. The van der Waals surface area contributed by atoms with Gasteiger partial charge in [0, 0.05) is 0 Å². The number of carboxylic acids is 1. The third-order valence-corrected chi connectivity index (χ3v) is 2.25. The summed E-state index contributed by atoms with van der Waals surface area (Å²) in [5, 5.41) is 17.7. The first-order chi connectivity index (χ1) is 7.58. The quantitative estimate of drug-likeness (QED) is 0.844. The minimum absolute atomic E-state index is 0.00257. The van der Waals surface area contributed by atoms with Gasteiger partial charge in [-0.1, -0.05) is 6.92 Å². The number of carbonyl (C=O) groups is 1. The van der Waals surface area contributed by atoms with Crippen molar-refractivity contribution in [3.05, 3.63) is 29.3 Å². The highest BCUT2D eigenvalue weighted by Crippen LogP contribution is 2.21. The third kappa shape index (κ3) is 2.74. The molecule has 0 saturated carbocycles. The molecule has 0 aliphatic carbocycles. The van der Waals surface area contributed by atoms with Crippen LogP contribution in [0, 0.1) is 11.3 Å². The number of aromatic carboxylic acids is 1. The minimum atomic E-state index is -1.05. The Hall–Kier alpha value is -2.02. The number of benzene rings is 1. The molecule has 0 bridgehead atoms. The van der Waals surface area contributed by atoms with Crippen LogP contribution in [-0.4, -0.2) is 17.2 Å². The summed E-state index contributed by atoms with van der Waals surface area (Å²) in [6.07, 6.45) is 0.828. The van der Waals surface area contributed by atoms with Gasteiger partial charge >= 0.3 is 5.97 Å². The molecule has 16 heavy (non-hydrogen) atoms. The van der Waals surface area contributed by atoms with E-state index in [2.05, 4.69) is 0 Å². The lowest BCUT2D eigenvalue weighted by atomic mass is 10.1. The van der Waals surface area contributed by atoms with Gasteiger partial charge in [0.15, 0.2) is 0 Å². The van der Waals surface area contributed by atoms with E-state index >= 15 is 0 Å². The zero-order valence-electron chi connectivity index (χ0n) is 9.23. The van der Waals surface area contributed by atoms with E-state index in [9.17, 15) is 4.79 Å². The van der Waals surface area contributed by atoms with Gasteiger partial charge in [0.2, 0.25) is 0 Å². The Labute approximate surface area is 94.1 Å². The number of hydrogen-bond acceptors (Lipinski definition) is 3. The standard InChI is InChI=1S/C12H13NO3/c1-3-8(2)16-11-5-4-9(12(14)15)6-10(11)7-13/h4-6,8H,3H2,1-2H3,(H,14,15)/t8-/m1/s1. The monoisotopic (exact) mass is 219 g/mol. The Bertz CT molecular complexity index is 434. The summed E-state index contributed by atoms with van der Waals surface area (Å²) in [5.41, 5.74) is 0.341. The molecular weight excluding hydrogens is 206 g/mol. The molecule has 4 heteroatoms. The normalized spacial score (nSPS) is 11.6. The predicted octanol–water partition coefficient (Wildman–Crippen LogP) is 2.43. The van der Waals surface area contributed by atoms with Gasteiger partial charge in [-0.15, -0.1) is 0 Å². The first-order valence-corrected chi connectivity index (χ1v) is 5.02. The lowest BCUT2D eigenvalue weighted by molar-refractivity contribution is 0.0697. The maximum atomic E-state index is 10.7. The van der Waals surface area contributed by atoms with Gasteiger partial charge in [-0.2, -0.15) is 5.26 Å². The fourth-order valence-corrected chi connectivity index (χ4v) is 1.15. The molecular formula is C12H13NO3. The van der Waals surface area contributed by atoms with Crippen molar-refractivity contribution < 1.29 is 14.6 Å². The maximum absolute atomic E-state index is 10.7. The molecule has 0 spiro atoms. The van der Waals surface area contributed by atoms with Crippen molar-refractivity contribution in [2.24, 2.45) is 0 Å². The van der Waals surface area contributed by atoms with Crippen molar-refractivity contribution in [3.63, 3.8) is 0 Å². The van der Waals surface area contributed by atoms with Crippen LogP contribution in [-0.2, 0) is 0 Å². The van der Waals surface area contributed by atoms with E-state index in [0.29, 0.717) is 5.75 Å². The zero-order valence-corrected chi connectivity index (χ0v) is 9.23. The number of nitrogens with zero attached hydrogens (tertiary/aromatic N) is 1. The van der Waals surface area contributed by atoms with Crippen LogP contribution in [0.1, 0.15) is 36.2 Å². The summed E-state index contributed by atoms with van der Waals surface area (Å²) >= 11 is 0. The summed E-state index contributed by atoms with van der Waals surface area (Å²) in [6.45, 7) is 3.87. The number of carboxylic acid groups (broad SMARTS) is 1. The highest BCUT2D eigenvalue weighted by atomic mass is 16.5. The molecule has 84 valence electrons. The molecule has 0 heterocycles. The summed E-state index contributed by atoms with van der Waals surface area (Å²) in [7, 11) is 0. The van der Waals surface area contributed by atoms with Crippen molar-refractivity contribution >= 4 is 5.97 Å². The molecule has 0 saturated heterocycles. The Kier molecular flexibility index (Phi) is 3.90. The fraction of sp³-hybridized carbons (Fsp3) is 0.333. The van der Waals surface area contributed by atoms with Crippen LogP contribution in [0.3, 0.4) is 0 Å². The van der Waals surface area contributed by atoms with E-state index in [1.807, 2.05) is 19.9 Å². The molecule has 0 radical (unpaired) electrons. The van der Waals surface area contributed by atoms with E-state index < -0.39 is 5.97 Å². The summed E-state index contributed by atoms with van der Waals surface area (Å²) in [6, 6.07) is 6.20. The molecule has 1 atom stereocenters. The average molecular weight is 219 g/mol. The first-order valence-electron chi connectivity index (χ1n) is 5.02. The summed E-state index contributed by atoms with van der Waals surface area (Å²) in [4.78, 5) is 10.7. The minimum Gasteiger partial charge on any atom is -0.489 e. The molecule has 4 nitrogen and oxygen atoms in total. The maximum Gasteiger partial charge on any atom is 0.335 e. The third-order valence-electron chi connectivity index (χ3n) is 2.25. The molecule has 0 aliphatic heterocycles. The molecule has 0 unspecified atom stereocenters. The molecule has 0 aromatic heterocycles. The van der Waals surface area contributed by atoms with Crippen LogP contribution in [0.2, 0.25) is 0 Å². The zero-order chi connectivity index (χ0) is 12.1. The number of hydrogen-bond donors (Lipinski definition) is 1. The van der Waals surface area contributed by atoms with Crippen LogP contribution in [0.5, 0.6) is 5.75 Å². The van der Waals surface area contributed by atoms with Gasteiger partial charge in [0.1, 0.15) is 11.8 Å². The van der Waals surface area contributed by atoms with E-state index in [4.69, 9.17) is 15.1 Å².